The van der Waals surface area contributed by atoms with Crippen molar-refractivity contribution in [3.8, 4) is 17.0 Å². The summed E-state index contributed by atoms with van der Waals surface area (Å²) >= 11 is 0. The van der Waals surface area contributed by atoms with Gasteiger partial charge in [0, 0.05) is 24.2 Å². The molecule has 4 rings (SSSR count). The lowest BCUT2D eigenvalue weighted by molar-refractivity contribution is 0.0609. The first-order valence-corrected chi connectivity index (χ1v) is 9.51. The van der Waals surface area contributed by atoms with Crippen LogP contribution in [-0.2, 0) is 0 Å². The van der Waals surface area contributed by atoms with Crippen LogP contribution >= 0.6 is 0 Å². The highest BCUT2D eigenvalue weighted by Gasteiger charge is 2.32. The lowest BCUT2D eigenvalue weighted by atomic mass is 10.1. The lowest BCUT2D eigenvalue weighted by Gasteiger charge is -2.27. The number of likely N-dealkylation sites (tertiary alicyclic amines) is 1. The Bertz CT molecular complexity index is 945. The Kier molecular flexibility index (Phi) is 5.14. The van der Waals surface area contributed by atoms with Gasteiger partial charge in [0.05, 0.1) is 18.8 Å². The van der Waals surface area contributed by atoms with Gasteiger partial charge in [-0.3, -0.25) is 4.79 Å². The second-order valence-corrected chi connectivity index (χ2v) is 7.04. The third kappa shape index (κ3) is 3.65. The fourth-order valence-corrected chi connectivity index (χ4v) is 3.60. The molecule has 7 nitrogen and oxygen atoms in total. The molecule has 0 spiro atoms. The van der Waals surface area contributed by atoms with Crippen molar-refractivity contribution < 1.29 is 18.6 Å². The molecule has 0 N–H and O–H groups in total. The Morgan fingerprint density at radius 1 is 1.11 bits per heavy atom. The Labute approximate surface area is 163 Å². The van der Waals surface area contributed by atoms with Gasteiger partial charge in [0.1, 0.15) is 11.4 Å². The molecule has 1 amide bonds. The second-order valence-electron chi connectivity index (χ2n) is 7.04. The summed E-state index contributed by atoms with van der Waals surface area (Å²) in [5.41, 5.74) is 2.37. The summed E-state index contributed by atoms with van der Waals surface area (Å²) in [4.78, 5) is 14.8. The number of benzene rings is 1. The van der Waals surface area contributed by atoms with E-state index in [-0.39, 0.29) is 17.7 Å². The van der Waals surface area contributed by atoms with Gasteiger partial charge in [-0.25, -0.2) is 0 Å². The molecule has 7 heteroatoms. The Morgan fingerprint density at radius 3 is 2.64 bits per heavy atom. The largest absolute Gasteiger partial charge is 0.497 e. The average molecular weight is 381 g/mol. The zero-order valence-corrected chi connectivity index (χ0v) is 16.1. The molecule has 1 aromatic carbocycles. The number of carbonyl (C=O) groups is 1. The number of ether oxygens (including phenoxy) is 1. The molecule has 1 fully saturated rings. The maximum Gasteiger partial charge on any atom is 0.293 e. The first-order valence-electron chi connectivity index (χ1n) is 9.51. The van der Waals surface area contributed by atoms with Gasteiger partial charge in [-0.1, -0.05) is 23.2 Å². The predicted molar refractivity (Wildman–Crippen MR) is 102 cm³/mol. The van der Waals surface area contributed by atoms with E-state index in [1.54, 1.807) is 20.1 Å². The zero-order valence-electron chi connectivity index (χ0n) is 16.1. The van der Waals surface area contributed by atoms with Crippen LogP contribution in [0.1, 0.15) is 53.7 Å². The van der Waals surface area contributed by atoms with Gasteiger partial charge in [0.25, 0.3) is 5.91 Å². The van der Waals surface area contributed by atoms with Gasteiger partial charge in [0.15, 0.2) is 5.76 Å². The van der Waals surface area contributed by atoms with Crippen molar-refractivity contribution in [1.29, 1.82) is 0 Å². The van der Waals surface area contributed by atoms with Crippen LogP contribution in [0.15, 0.2) is 45.4 Å². The van der Waals surface area contributed by atoms with Gasteiger partial charge in [-0.05, 0) is 44.0 Å². The maximum absolute atomic E-state index is 13.0. The fourth-order valence-electron chi connectivity index (χ4n) is 3.60. The average Bonchev–Trinajstić information content (AvgIpc) is 3.31. The van der Waals surface area contributed by atoms with Gasteiger partial charge in [-0.15, -0.1) is 0 Å². The molecule has 1 aliphatic rings. The Hall–Kier alpha value is -3.09. The van der Waals surface area contributed by atoms with Crippen LogP contribution in [0.3, 0.4) is 0 Å². The highest BCUT2D eigenvalue weighted by atomic mass is 16.5. The summed E-state index contributed by atoms with van der Waals surface area (Å²) in [7, 11) is 1.64. The van der Waals surface area contributed by atoms with Crippen LogP contribution < -0.4 is 4.74 Å². The molecule has 146 valence electrons. The smallest absolute Gasteiger partial charge is 0.293 e. The quantitative estimate of drug-likeness (QED) is 0.666. The number of hydrogen-bond donors (Lipinski definition) is 0. The third-order valence-corrected chi connectivity index (χ3v) is 5.10. The molecule has 0 unspecified atom stereocenters. The first kappa shape index (κ1) is 18.3. The molecule has 3 aromatic rings. The Morgan fingerprint density at radius 2 is 1.93 bits per heavy atom. The van der Waals surface area contributed by atoms with E-state index in [0.717, 1.165) is 42.7 Å². The van der Waals surface area contributed by atoms with Gasteiger partial charge < -0.3 is 18.7 Å². The van der Waals surface area contributed by atoms with Crippen molar-refractivity contribution >= 4 is 5.91 Å². The van der Waals surface area contributed by atoms with Crippen molar-refractivity contribution in [2.45, 2.75) is 38.6 Å². The summed E-state index contributed by atoms with van der Waals surface area (Å²) in [6.07, 6.45) is 3.89. The minimum absolute atomic E-state index is 0.158. The lowest BCUT2D eigenvalue weighted by Crippen LogP contribution is -2.34. The van der Waals surface area contributed by atoms with Crippen LogP contribution in [0.2, 0.25) is 0 Å². The molecular formula is C21H23N3O4. The van der Waals surface area contributed by atoms with Gasteiger partial charge >= 0.3 is 0 Å². The normalized spacial score (nSPS) is 17.4. The van der Waals surface area contributed by atoms with E-state index in [9.17, 15) is 4.79 Å². The molecule has 0 saturated carbocycles. The molecule has 2 aromatic heterocycles. The molecular weight excluding hydrogens is 358 g/mol. The van der Waals surface area contributed by atoms with Gasteiger partial charge in [-0.2, -0.15) is 0 Å². The van der Waals surface area contributed by atoms with E-state index in [1.165, 1.54) is 0 Å². The fraction of sp³-hybridized carbons (Fsp3) is 0.381. The number of rotatable bonds is 4. The molecule has 1 saturated heterocycles. The molecule has 1 atom stereocenters. The van der Waals surface area contributed by atoms with Crippen LogP contribution in [0.25, 0.3) is 11.3 Å². The minimum Gasteiger partial charge on any atom is -0.497 e. The number of hydrogen-bond acceptors (Lipinski definition) is 6. The van der Waals surface area contributed by atoms with E-state index in [1.807, 2.05) is 35.2 Å². The maximum atomic E-state index is 13.0. The Balaban J connectivity index is 1.61. The van der Waals surface area contributed by atoms with E-state index in [0.29, 0.717) is 18.0 Å². The van der Waals surface area contributed by atoms with Crippen molar-refractivity contribution in [1.82, 2.24) is 15.2 Å². The van der Waals surface area contributed by atoms with Crippen LogP contribution in [-0.4, -0.2) is 34.8 Å². The molecule has 3 heterocycles. The third-order valence-electron chi connectivity index (χ3n) is 5.10. The highest BCUT2D eigenvalue weighted by Crippen LogP contribution is 2.34. The highest BCUT2D eigenvalue weighted by molar-refractivity contribution is 5.91. The zero-order chi connectivity index (χ0) is 19.5. The standard InChI is InChI=1S/C21H23N3O4/c1-14-12-20(28-22-14)21(25)24-11-5-3-4-6-18(24)19-13-17(23-27-19)15-7-9-16(26-2)10-8-15/h7-10,12-13,18H,3-6,11H2,1-2H3/t18-/m1/s1. The van der Waals surface area contributed by atoms with Gasteiger partial charge in [0.2, 0.25) is 5.76 Å². The molecule has 28 heavy (non-hydrogen) atoms. The van der Waals surface area contributed by atoms with E-state index >= 15 is 0 Å². The summed E-state index contributed by atoms with van der Waals surface area (Å²) < 4.78 is 16.1. The number of methoxy groups -OCH3 is 1. The minimum atomic E-state index is -0.167. The van der Waals surface area contributed by atoms with Crippen molar-refractivity contribution in [3.63, 3.8) is 0 Å². The predicted octanol–water partition coefficient (Wildman–Crippen LogP) is 4.40. The number of aryl methyl sites for hydroxylation is 1. The molecule has 0 bridgehead atoms. The summed E-state index contributed by atoms with van der Waals surface area (Å²) in [6, 6.07) is 11.1. The van der Waals surface area contributed by atoms with Crippen LogP contribution in [0, 0.1) is 6.92 Å². The topological polar surface area (TPSA) is 81.6 Å². The molecule has 1 aliphatic heterocycles. The molecule has 0 aliphatic carbocycles. The van der Waals surface area contributed by atoms with Crippen LogP contribution in [0.5, 0.6) is 5.75 Å². The number of aromatic nitrogens is 2. The van der Waals surface area contributed by atoms with E-state index < -0.39 is 0 Å². The number of amides is 1. The number of nitrogens with zero attached hydrogens (tertiary/aromatic N) is 3. The summed E-state index contributed by atoms with van der Waals surface area (Å²) in [5.74, 6) is 1.59. The SMILES string of the molecule is COc1ccc(-c2cc([C@H]3CCCCCN3C(=O)c3cc(C)no3)on2)cc1. The van der Waals surface area contributed by atoms with Crippen LogP contribution in [0.4, 0.5) is 0 Å². The van der Waals surface area contributed by atoms with Crippen molar-refractivity contribution in [2.24, 2.45) is 0 Å². The van der Waals surface area contributed by atoms with Crippen molar-refractivity contribution in [3.05, 3.63) is 53.6 Å². The summed E-state index contributed by atoms with van der Waals surface area (Å²) in [6.45, 7) is 2.46. The summed E-state index contributed by atoms with van der Waals surface area (Å²) in [5, 5.41) is 8.07. The second kappa shape index (κ2) is 7.88. The first-order chi connectivity index (χ1) is 13.7. The number of carbonyl (C=O) groups excluding carboxylic acids is 1. The van der Waals surface area contributed by atoms with E-state index in [4.69, 9.17) is 13.8 Å². The van der Waals surface area contributed by atoms with E-state index in [2.05, 4.69) is 10.3 Å². The molecule has 0 radical (unpaired) electrons. The van der Waals surface area contributed by atoms with Crippen molar-refractivity contribution in [2.75, 3.05) is 13.7 Å². The monoisotopic (exact) mass is 381 g/mol.